The van der Waals surface area contributed by atoms with E-state index in [1.807, 2.05) is 45.9 Å². The van der Waals surface area contributed by atoms with Crippen molar-refractivity contribution in [2.24, 2.45) is 5.92 Å². The zero-order chi connectivity index (χ0) is 20.4. The van der Waals surface area contributed by atoms with Crippen LogP contribution in [0.2, 0.25) is 0 Å². The number of carbonyl (C=O) groups is 3. The Morgan fingerprint density at radius 1 is 1.04 bits per heavy atom. The van der Waals surface area contributed by atoms with E-state index in [1.165, 1.54) is 4.90 Å². The predicted molar refractivity (Wildman–Crippen MR) is 107 cm³/mol. The topological polar surface area (TPSA) is 75.7 Å². The number of carbonyl (C=O) groups excluding carboxylic acids is 3. The quantitative estimate of drug-likeness (QED) is 0.778. The monoisotopic (exact) mass is 380 g/mol. The molecule has 0 spiro atoms. The van der Waals surface area contributed by atoms with Gasteiger partial charge in [-0.2, -0.15) is 0 Å². The molecule has 3 rings (SSSR count). The van der Waals surface area contributed by atoms with Gasteiger partial charge in [0.15, 0.2) is 6.61 Å². The summed E-state index contributed by atoms with van der Waals surface area (Å²) in [5.74, 6) is -0.111. The zero-order valence-electron chi connectivity index (χ0n) is 16.5. The molecular weight excluding hydrogens is 356 g/mol. The zero-order valence-corrected chi connectivity index (χ0v) is 16.5. The molecule has 6 nitrogen and oxygen atoms in total. The number of anilines is 1. The van der Waals surface area contributed by atoms with Crippen LogP contribution in [0.1, 0.15) is 45.7 Å². The highest BCUT2D eigenvalue weighted by Crippen LogP contribution is 2.26. The molecule has 1 aliphatic heterocycles. The summed E-state index contributed by atoms with van der Waals surface area (Å²) in [6.45, 7) is 8.04. The second-order valence-electron chi connectivity index (χ2n) is 7.48. The van der Waals surface area contributed by atoms with E-state index in [1.54, 1.807) is 18.2 Å². The van der Waals surface area contributed by atoms with Crippen molar-refractivity contribution in [3.05, 3.63) is 58.7 Å². The Bertz CT molecular complexity index is 950. The predicted octanol–water partition coefficient (Wildman–Crippen LogP) is 3.57. The first-order valence-electron chi connectivity index (χ1n) is 9.26. The van der Waals surface area contributed by atoms with Crippen LogP contribution in [0.5, 0.6) is 5.75 Å². The lowest BCUT2D eigenvalue weighted by atomic mass is 10.1. The lowest BCUT2D eigenvalue weighted by molar-refractivity contribution is -0.118. The van der Waals surface area contributed by atoms with Crippen molar-refractivity contribution in [2.45, 2.75) is 27.7 Å². The minimum atomic E-state index is -0.337. The minimum Gasteiger partial charge on any atom is -0.483 e. The van der Waals surface area contributed by atoms with Crippen LogP contribution < -0.4 is 10.1 Å². The third-order valence-electron chi connectivity index (χ3n) is 4.49. The Morgan fingerprint density at radius 3 is 2.43 bits per heavy atom. The second-order valence-corrected chi connectivity index (χ2v) is 7.48. The summed E-state index contributed by atoms with van der Waals surface area (Å²) >= 11 is 0. The van der Waals surface area contributed by atoms with Gasteiger partial charge in [0.1, 0.15) is 5.75 Å². The third-order valence-corrected chi connectivity index (χ3v) is 4.49. The first kappa shape index (κ1) is 19.6. The second kappa shape index (κ2) is 7.84. The van der Waals surface area contributed by atoms with Crippen molar-refractivity contribution in [3.63, 3.8) is 0 Å². The Kier molecular flexibility index (Phi) is 5.49. The number of imide groups is 1. The number of ether oxygens (including phenoxy) is 1. The van der Waals surface area contributed by atoms with Crippen LogP contribution in [0, 0.1) is 19.8 Å². The molecule has 3 amide bonds. The van der Waals surface area contributed by atoms with Gasteiger partial charge in [0, 0.05) is 12.2 Å². The largest absolute Gasteiger partial charge is 0.483 e. The maximum absolute atomic E-state index is 12.5. The normalized spacial score (nSPS) is 13.1. The lowest BCUT2D eigenvalue weighted by Gasteiger charge is -2.15. The summed E-state index contributed by atoms with van der Waals surface area (Å²) < 4.78 is 5.58. The van der Waals surface area contributed by atoms with E-state index in [9.17, 15) is 14.4 Å². The van der Waals surface area contributed by atoms with Gasteiger partial charge in [0.2, 0.25) is 0 Å². The smallest absolute Gasteiger partial charge is 0.262 e. The van der Waals surface area contributed by atoms with E-state index in [-0.39, 0.29) is 30.2 Å². The van der Waals surface area contributed by atoms with Gasteiger partial charge in [0.25, 0.3) is 17.7 Å². The van der Waals surface area contributed by atoms with Crippen LogP contribution in [0.4, 0.5) is 5.69 Å². The summed E-state index contributed by atoms with van der Waals surface area (Å²) in [6, 6.07) is 10.5. The highest BCUT2D eigenvalue weighted by Gasteiger charge is 2.35. The molecule has 1 N–H and O–H groups in total. The van der Waals surface area contributed by atoms with E-state index in [4.69, 9.17) is 4.74 Å². The number of rotatable bonds is 6. The maximum atomic E-state index is 12.5. The Hall–Kier alpha value is -3.15. The van der Waals surface area contributed by atoms with E-state index >= 15 is 0 Å². The highest BCUT2D eigenvalue weighted by atomic mass is 16.5. The first-order chi connectivity index (χ1) is 13.3. The van der Waals surface area contributed by atoms with Crippen molar-refractivity contribution < 1.29 is 19.1 Å². The number of aryl methyl sites for hydroxylation is 2. The fourth-order valence-electron chi connectivity index (χ4n) is 3.20. The van der Waals surface area contributed by atoms with Gasteiger partial charge >= 0.3 is 0 Å². The minimum absolute atomic E-state index is 0.145. The Morgan fingerprint density at radius 2 is 1.75 bits per heavy atom. The molecule has 2 aromatic rings. The lowest BCUT2D eigenvalue weighted by Crippen LogP contribution is -2.33. The van der Waals surface area contributed by atoms with Crippen molar-refractivity contribution in [1.29, 1.82) is 0 Å². The molecule has 0 saturated carbocycles. The third kappa shape index (κ3) is 4.06. The molecule has 28 heavy (non-hydrogen) atoms. The van der Waals surface area contributed by atoms with Gasteiger partial charge in [0.05, 0.1) is 11.1 Å². The van der Waals surface area contributed by atoms with Gasteiger partial charge < -0.3 is 10.1 Å². The van der Waals surface area contributed by atoms with Gasteiger partial charge in [-0.25, -0.2) is 0 Å². The number of nitrogens with one attached hydrogen (secondary N) is 1. The molecule has 1 aliphatic rings. The molecule has 0 aliphatic carbocycles. The summed E-state index contributed by atoms with van der Waals surface area (Å²) in [7, 11) is 0. The van der Waals surface area contributed by atoms with E-state index < -0.39 is 0 Å². The molecule has 2 aromatic carbocycles. The van der Waals surface area contributed by atoms with Gasteiger partial charge in [-0.05, 0) is 49.6 Å². The Labute approximate surface area is 164 Å². The van der Waals surface area contributed by atoms with Crippen LogP contribution in [0.15, 0.2) is 36.4 Å². The summed E-state index contributed by atoms with van der Waals surface area (Å²) in [4.78, 5) is 38.4. The van der Waals surface area contributed by atoms with Gasteiger partial charge in [-0.1, -0.05) is 31.5 Å². The molecule has 1 heterocycles. The van der Waals surface area contributed by atoms with Crippen LogP contribution in [-0.2, 0) is 4.79 Å². The number of nitrogens with zero attached hydrogens (tertiary/aromatic N) is 1. The van der Waals surface area contributed by atoms with E-state index in [2.05, 4.69) is 5.32 Å². The number of benzene rings is 2. The fourth-order valence-corrected chi connectivity index (χ4v) is 3.20. The van der Waals surface area contributed by atoms with Crippen LogP contribution in [0.25, 0.3) is 0 Å². The molecule has 0 saturated heterocycles. The van der Waals surface area contributed by atoms with Crippen molar-refractivity contribution in [2.75, 3.05) is 18.5 Å². The molecule has 6 heteroatoms. The van der Waals surface area contributed by atoms with Crippen molar-refractivity contribution in [3.8, 4) is 5.75 Å². The molecule has 0 aromatic heterocycles. The average molecular weight is 380 g/mol. The molecule has 146 valence electrons. The molecule has 0 atom stereocenters. The van der Waals surface area contributed by atoms with Crippen molar-refractivity contribution >= 4 is 23.4 Å². The SMILES string of the molecule is Cc1ccc(OCC(=O)Nc2ccc3c(c2)C(=O)N(CC(C)C)C3=O)c(C)c1. The number of hydrogen-bond acceptors (Lipinski definition) is 4. The highest BCUT2D eigenvalue weighted by molar-refractivity contribution is 6.21. The molecule has 0 fully saturated rings. The summed E-state index contributed by atoms with van der Waals surface area (Å²) in [6.07, 6.45) is 0. The number of hydrogen-bond donors (Lipinski definition) is 1. The van der Waals surface area contributed by atoms with Crippen molar-refractivity contribution in [1.82, 2.24) is 4.90 Å². The average Bonchev–Trinajstić information content (AvgIpc) is 2.85. The molecule has 0 bridgehead atoms. The van der Waals surface area contributed by atoms with E-state index in [0.717, 1.165) is 11.1 Å². The van der Waals surface area contributed by atoms with Crippen LogP contribution >= 0.6 is 0 Å². The summed E-state index contributed by atoms with van der Waals surface area (Å²) in [5, 5.41) is 2.72. The van der Waals surface area contributed by atoms with Crippen LogP contribution in [-0.4, -0.2) is 35.8 Å². The standard InChI is InChI=1S/C22H24N2O4/c1-13(2)11-24-21(26)17-7-6-16(10-18(17)22(24)27)23-20(25)12-28-19-8-5-14(3)9-15(19)4/h5-10,13H,11-12H2,1-4H3,(H,23,25). The number of amides is 3. The van der Waals surface area contributed by atoms with Crippen LogP contribution in [0.3, 0.4) is 0 Å². The maximum Gasteiger partial charge on any atom is 0.262 e. The van der Waals surface area contributed by atoms with Gasteiger partial charge in [-0.15, -0.1) is 0 Å². The van der Waals surface area contributed by atoms with Gasteiger partial charge in [-0.3, -0.25) is 19.3 Å². The molecule has 0 radical (unpaired) electrons. The summed E-state index contributed by atoms with van der Waals surface area (Å²) in [5.41, 5.74) is 3.23. The first-order valence-corrected chi connectivity index (χ1v) is 9.26. The molecular formula is C22H24N2O4. The van der Waals surface area contributed by atoms with E-state index in [0.29, 0.717) is 29.1 Å². The Balaban J connectivity index is 1.66. The fraction of sp³-hybridized carbons (Fsp3) is 0.318. The number of fused-ring (bicyclic) bond motifs is 1. The molecule has 0 unspecified atom stereocenters.